The summed E-state index contributed by atoms with van der Waals surface area (Å²) in [4.78, 5) is 38.8. The molecule has 1 aromatic heterocycles. The van der Waals surface area contributed by atoms with E-state index in [9.17, 15) is 27.6 Å². The molecule has 0 unspecified atom stereocenters. The third kappa shape index (κ3) is 5.09. The number of rotatable bonds is 6. The Morgan fingerprint density at radius 2 is 1.97 bits per heavy atom. The lowest BCUT2D eigenvalue weighted by Crippen LogP contribution is -2.32. The van der Waals surface area contributed by atoms with E-state index in [0.717, 1.165) is 34.3 Å². The first-order valence-corrected chi connectivity index (χ1v) is 11.5. The quantitative estimate of drug-likeness (QED) is 0.545. The fourth-order valence-electron chi connectivity index (χ4n) is 3.32. The zero-order valence-corrected chi connectivity index (χ0v) is 19.1. The molecule has 0 aliphatic carbocycles. The maximum absolute atomic E-state index is 12.9. The van der Waals surface area contributed by atoms with Gasteiger partial charge in [-0.1, -0.05) is 6.92 Å². The average molecular weight is 487 g/mol. The zero-order chi connectivity index (χ0) is 23.6. The van der Waals surface area contributed by atoms with Crippen LogP contribution >= 0.6 is 23.1 Å². The highest BCUT2D eigenvalue weighted by Crippen LogP contribution is 2.41. The Morgan fingerprint density at radius 3 is 2.59 bits per heavy atom. The van der Waals surface area contributed by atoms with Crippen LogP contribution in [0.1, 0.15) is 46.6 Å². The lowest BCUT2D eigenvalue weighted by atomic mass is 10.1. The first kappa shape index (κ1) is 24.1. The summed E-state index contributed by atoms with van der Waals surface area (Å²) in [5, 5.41) is 4.69. The van der Waals surface area contributed by atoms with Crippen LogP contribution in [0.2, 0.25) is 0 Å². The lowest BCUT2D eigenvalue weighted by molar-refractivity contribution is -0.137. The molecule has 32 heavy (non-hydrogen) atoms. The average Bonchev–Trinajstić information content (AvgIpc) is 3.02. The molecule has 1 aromatic carbocycles. The summed E-state index contributed by atoms with van der Waals surface area (Å²) in [5.74, 6) is -1.56. The van der Waals surface area contributed by atoms with Crippen LogP contribution in [0, 0.1) is 6.92 Å². The van der Waals surface area contributed by atoms with Crippen molar-refractivity contribution >= 4 is 51.6 Å². The Balaban J connectivity index is 1.75. The van der Waals surface area contributed by atoms with Crippen LogP contribution in [0.15, 0.2) is 23.1 Å². The van der Waals surface area contributed by atoms with Gasteiger partial charge in [-0.15, -0.1) is 23.1 Å². The van der Waals surface area contributed by atoms with Crippen LogP contribution in [0.4, 0.5) is 23.9 Å². The van der Waals surface area contributed by atoms with Gasteiger partial charge in [0.15, 0.2) is 0 Å². The Bertz CT molecular complexity index is 1070. The van der Waals surface area contributed by atoms with Crippen LogP contribution in [0.5, 0.6) is 0 Å². The van der Waals surface area contributed by atoms with Gasteiger partial charge in [0, 0.05) is 16.2 Å². The Kier molecular flexibility index (Phi) is 7.19. The standard InChI is InChI=1S/C21H21F3N2O4S2/c1-4-12-10(3)31-19(17(12)20(29)30-5-2)26-16(27)9-15-18(28)25-13-8-11(21(22,23)24)6-7-14(13)32-15/h6-8,15H,4-5,9H2,1-3H3,(H,25,28)(H,26,27)/t15-/m1/s1. The number of amides is 2. The number of hydrogen-bond donors (Lipinski definition) is 2. The molecule has 2 amide bonds. The second-order valence-corrected chi connectivity index (χ2v) is 9.44. The number of nitrogens with one attached hydrogen (secondary N) is 2. The van der Waals surface area contributed by atoms with Crippen molar-refractivity contribution in [1.29, 1.82) is 0 Å². The number of thiophene rings is 1. The third-order valence-electron chi connectivity index (χ3n) is 4.79. The predicted octanol–water partition coefficient (Wildman–Crippen LogP) is 5.26. The molecule has 2 N–H and O–H groups in total. The van der Waals surface area contributed by atoms with Crippen molar-refractivity contribution in [3.05, 3.63) is 39.8 Å². The molecule has 0 saturated heterocycles. The number of halogens is 3. The Hall–Kier alpha value is -2.53. The molecule has 2 heterocycles. The van der Waals surface area contributed by atoms with Crippen molar-refractivity contribution < 1.29 is 32.3 Å². The predicted molar refractivity (Wildman–Crippen MR) is 117 cm³/mol. The number of alkyl halides is 3. The van der Waals surface area contributed by atoms with Crippen molar-refractivity contribution in [1.82, 2.24) is 0 Å². The minimum absolute atomic E-state index is 0.0672. The molecule has 0 bridgehead atoms. The largest absolute Gasteiger partial charge is 0.462 e. The summed E-state index contributed by atoms with van der Waals surface area (Å²) in [5.41, 5.74) is 0.316. The SMILES string of the molecule is CCOC(=O)c1c(NC(=O)C[C@H]2Sc3ccc(C(F)(F)F)cc3NC2=O)sc(C)c1CC. The van der Waals surface area contributed by atoms with Crippen molar-refractivity contribution in [2.45, 2.75) is 49.9 Å². The topological polar surface area (TPSA) is 84.5 Å². The fraction of sp³-hybridized carbons (Fsp3) is 0.381. The molecule has 3 rings (SSSR count). The van der Waals surface area contributed by atoms with Crippen molar-refractivity contribution in [3.8, 4) is 0 Å². The number of carbonyl (C=O) groups is 3. The number of fused-ring (bicyclic) bond motifs is 1. The molecule has 1 aliphatic heterocycles. The van der Waals surface area contributed by atoms with Gasteiger partial charge in [-0.05, 0) is 44.0 Å². The lowest BCUT2D eigenvalue weighted by Gasteiger charge is -2.24. The molecular formula is C21H21F3N2O4S2. The number of hydrogen-bond acceptors (Lipinski definition) is 6. The Morgan fingerprint density at radius 1 is 1.25 bits per heavy atom. The number of esters is 1. The molecule has 6 nitrogen and oxygen atoms in total. The number of aryl methyl sites for hydroxylation is 1. The van der Waals surface area contributed by atoms with Gasteiger partial charge in [0.05, 0.1) is 28.7 Å². The highest BCUT2D eigenvalue weighted by atomic mass is 32.2. The second kappa shape index (κ2) is 9.53. The summed E-state index contributed by atoms with van der Waals surface area (Å²) >= 11 is 2.28. The molecule has 11 heteroatoms. The number of thioether (sulfide) groups is 1. The number of benzene rings is 1. The normalized spacial score (nSPS) is 15.7. The summed E-state index contributed by atoms with van der Waals surface area (Å²) in [6.45, 7) is 5.63. The van der Waals surface area contributed by atoms with Gasteiger partial charge in [0.2, 0.25) is 11.8 Å². The van der Waals surface area contributed by atoms with E-state index < -0.39 is 34.8 Å². The van der Waals surface area contributed by atoms with E-state index in [-0.39, 0.29) is 18.7 Å². The van der Waals surface area contributed by atoms with Crippen molar-refractivity contribution in [3.63, 3.8) is 0 Å². The van der Waals surface area contributed by atoms with Crippen molar-refractivity contribution in [2.75, 3.05) is 17.2 Å². The summed E-state index contributed by atoms with van der Waals surface area (Å²) in [6, 6.07) is 3.10. The monoisotopic (exact) mass is 486 g/mol. The van der Waals surface area contributed by atoms with Gasteiger partial charge in [0.1, 0.15) is 5.00 Å². The second-order valence-electron chi connectivity index (χ2n) is 6.97. The van der Waals surface area contributed by atoms with Crippen LogP contribution in [0.3, 0.4) is 0 Å². The minimum Gasteiger partial charge on any atom is -0.462 e. The molecule has 0 fully saturated rings. The van der Waals surface area contributed by atoms with E-state index in [2.05, 4.69) is 10.6 Å². The van der Waals surface area contributed by atoms with Gasteiger partial charge >= 0.3 is 12.1 Å². The van der Waals surface area contributed by atoms with E-state index >= 15 is 0 Å². The molecule has 0 radical (unpaired) electrons. The molecule has 2 aromatic rings. The van der Waals surface area contributed by atoms with Gasteiger partial charge in [0.25, 0.3) is 0 Å². The minimum atomic E-state index is -4.52. The van der Waals surface area contributed by atoms with E-state index in [1.807, 2.05) is 13.8 Å². The van der Waals surface area contributed by atoms with Crippen LogP contribution in [-0.4, -0.2) is 29.6 Å². The summed E-state index contributed by atoms with van der Waals surface area (Å²) in [7, 11) is 0. The van der Waals surface area contributed by atoms with Gasteiger partial charge in [-0.25, -0.2) is 4.79 Å². The van der Waals surface area contributed by atoms with Crippen LogP contribution in [-0.2, 0) is 26.9 Å². The first-order valence-electron chi connectivity index (χ1n) is 9.83. The van der Waals surface area contributed by atoms with E-state index in [1.54, 1.807) is 6.92 Å². The summed E-state index contributed by atoms with van der Waals surface area (Å²) < 4.78 is 43.8. The van der Waals surface area contributed by atoms with Gasteiger partial charge in [-0.3, -0.25) is 9.59 Å². The number of ether oxygens (including phenoxy) is 1. The first-order chi connectivity index (χ1) is 15.0. The van der Waals surface area contributed by atoms with E-state index in [1.165, 1.54) is 17.4 Å². The maximum atomic E-state index is 12.9. The van der Waals surface area contributed by atoms with Crippen molar-refractivity contribution in [2.24, 2.45) is 0 Å². The Labute approximate surface area is 190 Å². The van der Waals surface area contributed by atoms with Gasteiger partial charge < -0.3 is 15.4 Å². The molecule has 0 saturated carbocycles. The van der Waals surface area contributed by atoms with E-state index in [0.29, 0.717) is 21.9 Å². The molecule has 172 valence electrons. The highest BCUT2D eigenvalue weighted by molar-refractivity contribution is 8.01. The number of carbonyl (C=O) groups excluding carboxylic acids is 3. The maximum Gasteiger partial charge on any atom is 0.416 e. The number of anilines is 2. The highest BCUT2D eigenvalue weighted by Gasteiger charge is 2.34. The smallest absolute Gasteiger partial charge is 0.416 e. The molecular weight excluding hydrogens is 465 g/mol. The molecule has 0 spiro atoms. The zero-order valence-electron chi connectivity index (χ0n) is 17.5. The van der Waals surface area contributed by atoms with Crippen LogP contribution < -0.4 is 10.6 Å². The summed E-state index contributed by atoms with van der Waals surface area (Å²) in [6.07, 6.45) is -4.14. The molecule has 1 atom stereocenters. The molecule has 1 aliphatic rings. The van der Waals surface area contributed by atoms with Crippen LogP contribution in [0.25, 0.3) is 0 Å². The van der Waals surface area contributed by atoms with E-state index in [4.69, 9.17) is 4.74 Å². The fourth-order valence-corrected chi connectivity index (χ4v) is 5.56. The van der Waals surface area contributed by atoms with Gasteiger partial charge in [-0.2, -0.15) is 13.2 Å². The third-order valence-corrected chi connectivity index (χ3v) is 7.13.